The maximum absolute atomic E-state index is 11.0. The van der Waals surface area contributed by atoms with Crippen LogP contribution in [0.1, 0.15) is 24.7 Å². The van der Waals surface area contributed by atoms with Crippen molar-refractivity contribution in [1.29, 1.82) is 0 Å². The molecule has 1 aromatic heterocycles. The lowest BCUT2D eigenvalue weighted by atomic mass is 9.97. The number of piperidine rings is 1. The zero-order valence-electron chi connectivity index (χ0n) is 11.7. The Morgan fingerprint density at radius 3 is 2.35 bits per heavy atom. The molecule has 2 aliphatic heterocycles. The summed E-state index contributed by atoms with van der Waals surface area (Å²) in [5.41, 5.74) is 0. The second kappa shape index (κ2) is 6.51. The van der Waals surface area contributed by atoms with Gasteiger partial charge in [0.2, 0.25) is 5.89 Å². The normalized spacial score (nSPS) is 23.2. The van der Waals surface area contributed by atoms with Gasteiger partial charge in [-0.25, -0.2) is 9.89 Å². The average Bonchev–Trinajstić information content (AvgIpc) is 2.93. The van der Waals surface area contributed by atoms with Gasteiger partial charge in [-0.3, -0.25) is 4.90 Å². The van der Waals surface area contributed by atoms with Gasteiger partial charge in [0.25, 0.3) is 0 Å². The monoisotopic (exact) mass is 282 g/mol. The summed E-state index contributed by atoms with van der Waals surface area (Å²) in [6, 6.07) is 0. The maximum atomic E-state index is 11.0. The van der Waals surface area contributed by atoms with Gasteiger partial charge in [0.15, 0.2) is 0 Å². The van der Waals surface area contributed by atoms with Crippen molar-refractivity contribution < 1.29 is 9.15 Å². The zero-order valence-corrected chi connectivity index (χ0v) is 11.7. The molecule has 0 atom stereocenters. The molecule has 7 heteroatoms. The van der Waals surface area contributed by atoms with Gasteiger partial charge in [-0.05, 0) is 25.9 Å². The first-order chi connectivity index (χ1) is 9.81. The van der Waals surface area contributed by atoms with Crippen LogP contribution in [0, 0.1) is 0 Å². The van der Waals surface area contributed by atoms with Crippen molar-refractivity contribution >= 4 is 0 Å². The summed E-state index contributed by atoms with van der Waals surface area (Å²) in [5.74, 6) is 0.408. The minimum absolute atomic E-state index is 0.286. The van der Waals surface area contributed by atoms with E-state index in [1.165, 1.54) is 0 Å². The Morgan fingerprint density at radius 2 is 1.75 bits per heavy atom. The highest BCUT2D eigenvalue weighted by Gasteiger charge is 2.24. The SMILES string of the molecule is O=c1[nH]nc(C2CCN(CCN3CCOCC3)CC2)o1. The van der Waals surface area contributed by atoms with Gasteiger partial charge in [0.1, 0.15) is 0 Å². The molecule has 3 heterocycles. The van der Waals surface area contributed by atoms with Crippen LogP contribution in [-0.4, -0.2) is 72.5 Å². The van der Waals surface area contributed by atoms with E-state index in [9.17, 15) is 4.79 Å². The van der Waals surface area contributed by atoms with Crippen LogP contribution in [0.25, 0.3) is 0 Å². The molecular weight excluding hydrogens is 260 g/mol. The number of hydrogen-bond acceptors (Lipinski definition) is 6. The predicted octanol–water partition coefficient (Wildman–Crippen LogP) is -0.125. The van der Waals surface area contributed by atoms with Crippen molar-refractivity contribution in [3.63, 3.8) is 0 Å². The molecule has 2 aliphatic rings. The number of ether oxygens (including phenoxy) is 1. The van der Waals surface area contributed by atoms with Crippen LogP contribution >= 0.6 is 0 Å². The van der Waals surface area contributed by atoms with Gasteiger partial charge in [0, 0.05) is 32.1 Å². The van der Waals surface area contributed by atoms with Gasteiger partial charge in [-0.1, -0.05) is 0 Å². The van der Waals surface area contributed by atoms with Crippen molar-refractivity contribution in [1.82, 2.24) is 20.0 Å². The molecule has 0 amide bonds. The average molecular weight is 282 g/mol. The fourth-order valence-corrected chi connectivity index (χ4v) is 2.93. The molecule has 3 rings (SSSR count). The first kappa shape index (κ1) is 13.8. The molecule has 0 spiro atoms. The van der Waals surface area contributed by atoms with Crippen LogP contribution in [0.15, 0.2) is 9.21 Å². The van der Waals surface area contributed by atoms with E-state index in [-0.39, 0.29) is 5.92 Å². The number of aromatic amines is 1. The first-order valence-corrected chi connectivity index (χ1v) is 7.39. The number of H-pyrrole nitrogens is 1. The third-order valence-corrected chi connectivity index (χ3v) is 4.23. The van der Waals surface area contributed by atoms with E-state index < -0.39 is 5.76 Å². The summed E-state index contributed by atoms with van der Waals surface area (Å²) in [5, 5.41) is 6.28. The molecule has 0 unspecified atom stereocenters. The van der Waals surface area contributed by atoms with Crippen LogP contribution in [0.2, 0.25) is 0 Å². The second-order valence-electron chi connectivity index (χ2n) is 5.52. The summed E-state index contributed by atoms with van der Waals surface area (Å²) >= 11 is 0. The highest BCUT2D eigenvalue weighted by molar-refractivity contribution is 4.92. The molecule has 1 N–H and O–H groups in total. The van der Waals surface area contributed by atoms with Crippen LogP contribution < -0.4 is 5.76 Å². The van der Waals surface area contributed by atoms with E-state index in [1.807, 2.05) is 0 Å². The molecule has 7 nitrogen and oxygen atoms in total. The van der Waals surface area contributed by atoms with Crippen LogP contribution in [0.4, 0.5) is 0 Å². The molecule has 1 aromatic rings. The summed E-state index contributed by atoms with van der Waals surface area (Å²) in [7, 11) is 0. The Labute approximate surface area is 117 Å². The number of nitrogens with one attached hydrogen (secondary N) is 1. The Hall–Kier alpha value is -1.18. The molecular formula is C13H22N4O3. The number of morpholine rings is 1. The third kappa shape index (κ3) is 3.47. The van der Waals surface area contributed by atoms with Gasteiger partial charge in [-0.2, -0.15) is 0 Å². The first-order valence-electron chi connectivity index (χ1n) is 7.39. The smallest absolute Gasteiger partial charge is 0.392 e. The van der Waals surface area contributed by atoms with Crippen molar-refractivity contribution in [2.45, 2.75) is 18.8 Å². The summed E-state index contributed by atoms with van der Waals surface area (Å²) in [4.78, 5) is 15.9. The van der Waals surface area contributed by atoms with E-state index in [0.29, 0.717) is 5.89 Å². The molecule has 112 valence electrons. The number of likely N-dealkylation sites (tertiary alicyclic amines) is 1. The molecule has 0 aliphatic carbocycles. The third-order valence-electron chi connectivity index (χ3n) is 4.23. The Bertz CT molecular complexity index is 458. The Morgan fingerprint density at radius 1 is 1.10 bits per heavy atom. The zero-order chi connectivity index (χ0) is 13.8. The van der Waals surface area contributed by atoms with Gasteiger partial charge < -0.3 is 14.1 Å². The van der Waals surface area contributed by atoms with Crippen LogP contribution in [0.5, 0.6) is 0 Å². The summed E-state index contributed by atoms with van der Waals surface area (Å²) in [6.45, 7) is 8.14. The van der Waals surface area contributed by atoms with Crippen molar-refractivity contribution in [2.24, 2.45) is 0 Å². The Kier molecular flexibility index (Phi) is 4.49. The van der Waals surface area contributed by atoms with E-state index in [4.69, 9.17) is 9.15 Å². The van der Waals surface area contributed by atoms with Crippen molar-refractivity contribution in [2.75, 3.05) is 52.5 Å². The lowest BCUT2D eigenvalue weighted by Crippen LogP contribution is -2.43. The summed E-state index contributed by atoms with van der Waals surface area (Å²) in [6.07, 6.45) is 2.02. The fraction of sp³-hybridized carbons (Fsp3) is 0.846. The van der Waals surface area contributed by atoms with E-state index in [1.54, 1.807) is 0 Å². The lowest BCUT2D eigenvalue weighted by Gasteiger charge is -2.33. The van der Waals surface area contributed by atoms with Gasteiger partial charge in [-0.15, -0.1) is 5.10 Å². The lowest BCUT2D eigenvalue weighted by molar-refractivity contribution is 0.0319. The van der Waals surface area contributed by atoms with Crippen molar-refractivity contribution in [3.8, 4) is 0 Å². The van der Waals surface area contributed by atoms with Crippen LogP contribution in [-0.2, 0) is 4.74 Å². The fourth-order valence-electron chi connectivity index (χ4n) is 2.93. The molecule has 20 heavy (non-hydrogen) atoms. The number of aromatic nitrogens is 2. The largest absolute Gasteiger partial charge is 0.434 e. The molecule has 0 radical (unpaired) electrons. The summed E-state index contributed by atoms with van der Waals surface area (Å²) < 4.78 is 10.4. The number of nitrogens with zero attached hydrogens (tertiary/aromatic N) is 3. The molecule has 0 bridgehead atoms. The standard InChI is InChI=1S/C13H22N4O3/c18-13-15-14-12(20-13)11-1-3-16(4-2-11)5-6-17-7-9-19-10-8-17/h11H,1-10H2,(H,15,18). The molecule has 2 fully saturated rings. The van der Waals surface area contributed by atoms with Crippen LogP contribution in [0.3, 0.4) is 0 Å². The highest BCUT2D eigenvalue weighted by Crippen LogP contribution is 2.25. The second-order valence-corrected chi connectivity index (χ2v) is 5.52. The highest BCUT2D eigenvalue weighted by atomic mass is 16.5. The topological polar surface area (TPSA) is 74.6 Å². The Balaban J connectivity index is 1.40. The van der Waals surface area contributed by atoms with E-state index in [2.05, 4.69) is 20.0 Å². The molecule has 0 saturated carbocycles. The van der Waals surface area contributed by atoms with E-state index >= 15 is 0 Å². The quantitative estimate of drug-likeness (QED) is 0.829. The minimum Gasteiger partial charge on any atom is -0.392 e. The minimum atomic E-state index is -0.449. The number of hydrogen-bond donors (Lipinski definition) is 1. The molecule has 2 saturated heterocycles. The van der Waals surface area contributed by atoms with Gasteiger partial charge in [0.05, 0.1) is 13.2 Å². The van der Waals surface area contributed by atoms with Gasteiger partial charge >= 0.3 is 5.76 Å². The van der Waals surface area contributed by atoms with Crippen molar-refractivity contribution in [3.05, 3.63) is 16.4 Å². The molecule has 0 aromatic carbocycles. The maximum Gasteiger partial charge on any atom is 0.434 e. The number of rotatable bonds is 4. The predicted molar refractivity (Wildman–Crippen MR) is 72.8 cm³/mol. The van der Waals surface area contributed by atoms with E-state index in [0.717, 1.165) is 65.3 Å².